The molecule has 2 aliphatic rings. The molecular weight excluding hydrogens is 402 g/mol. The summed E-state index contributed by atoms with van der Waals surface area (Å²) >= 11 is 0. The van der Waals surface area contributed by atoms with Gasteiger partial charge in [-0.1, -0.05) is 78.1 Å². The minimum absolute atomic E-state index is 0.338. The van der Waals surface area contributed by atoms with Gasteiger partial charge in [-0.2, -0.15) is 4.79 Å². The van der Waals surface area contributed by atoms with Crippen LogP contribution in [0.5, 0.6) is 0 Å². The fourth-order valence-electron chi connectivity index (χ4n) is 4.16. The minimum Gasteiger partial charge on any atom is -0.491 e. The number of hydrogen-bond donors (Lipinski definition) is 0. The summed E-state index contributed by atoms with van der Waals surface area (Å²) in [7, 11) is 0. The van der Waals surface area contributed by atoms with E-state index in [9.17, 15) is 5.53 Å². The van der Waals surface area contributed by atoms with Crippen LogP contribution in [0.25, 0.3) is 5.53 Å². The van der Waals surface area contributed by atoms with Gasteiger partial charge in [0, 0.05) is 19.7 Å². The van der Waals surface area contributed by atoms with E-state index in [0.29, 0.717) is 32.1 Å². The highest BCUT2D eigenvalue weighted by Gasteiger charge is 2.31. The maximum absolute atomic E-state index is 9.61. The van der Waals surface area contributed by atoms with Gasteiger partial charge in [0.2, 0.25) is 0 Å². The van der Waals surface area contributed by atoms with Gasteiger partial charge in [-0.05, 0) is 18.9 Å². The van der Waals surface area contributed by atoms with Gasteiger partial charge in [-0.25, -0.2) is 0 Å². The maximum Gasteiger partial charge on any atom is 0.328 e. The lowest BCUT2D eigenvalue weighted by Crippen LogP contribution is -2.39. The average Bonchev–Trinajstić information content (AvgIpc) is 2.83. The first-order chi connectivity index (χ1) is 15.8. The van der Waals surface area contributed by atoms with Crippen LogP contribution in [0.4, 0.5) is 0 Å². The first kappa shape index (κ1) is 26.6. The Morgan fingerprint density at radius 1 is 0.906 bits per heavy atom. The highest BCUT2D eigenvalue weighted by Crippen LogP contribution is 2.25. The summed E-state index contributed by atoms with van der Waals surface area (Å²) in [5.74, 6) is 0.785. The molecule has 1 aliphatic heterocycles. The summed E-state index contributed by atoms with van der Waals surface area (Å²) in [6, 6.07) is 0. The van der Waals surface area contributed by atoms with E-state index in [4.69, 9.17) is 14.2 Å². The smallest absolute Gasteiger partial charge is 0.328 e. The largest absolute Gasteiger partial charge is 0.491 e. The van der Waals surface area contributed by atoms with Gasteiger partial charge in [-0.15, -0.1) is 0 Å². The Labute approximate surface area is 195 Å². The number of morpholine rings is 1. The Bertz CT molecular complexity index is 620. The SMILES string of the molecule is CCCCCCCCOC1=CC(=[N+]=[N-])C(OCCCCCCCC)C=C1N1CCOCC1. The molecule has 1 saturated heterocycles. The van der Waals surface area contributed by atoms with Crippen molar-refractivity contribution in [2.45, 2.75) is 97.0 Å². The van der Waals surface area contributed by atoms with Crippen LogP contribution in [-0.2, 0) is 14.2 Å². The molecule has 2 rings (SSSR count). The molecule has 0 aromatic carbocycles. The van der Waals surface area contributed by atoms with E-state index in [0.717, 1.165) is 37.4 Å². The molecule has 0 amide bonds. The van der Waals surface area contributed by atoms with Crippen molar-refractivity contribution in [3.8, 4) is 0 Å². The first-order valence-corrected chi connectivity index (χ1v) is 13.0. The number of hydrogen-bond acceptors (Lipinski definition) is 4. The standard InChI is InChI=1S/C26H45N3O3/c1-3-5-7-9-11-13-17-31-25-22-24(29-15-19-30-20-16-29)26(21-23(25)28-27)32-18-14-12-10-8-6-4-2/h21-22,25H,3-20H2,1-2H3. The van der Waals surface area contributed by atoms with Gasteiger partial charge < -0.3 is 24.6 Å². The Morgan fingerprint density at radius 3 is 2.12 bits per heavy atom. The van der Waals surface area contributed by atoms with Gasteiger partial charge in [-0.3, -0.25) is 0 Å². The zero-order valence-electron chi connectivity index (χ0n) is 20.5. The van der Waals surface area contributed by atoms with Gasteiger partial charge in [0.05, 0.1) is 31.6 Å². The monoisotopic (exact) mass is 447 g/mol. The number of ether oxygens (including phenoxy) is 3. The van der Waals surface area contributed by atoms with Crippen LogP contribution in [0.3, 0.4) is 0 Å². The molecule has 0 aromatic heterocycles. The lowest BCUT2D eigenvalue weighted by molar-refractivity contribution is -0.0242. The van der Waals surface area contributed by atoms with Crippen molar-refractivity contribution in [1.29, 1.82) is 0 Å². The molecule has 0 spiro atoms. The van der Waals surface area contributed by atoms with Gasteiger partial charge in [0.1, 0.15) is 5.76 Å². The molecular formula is C26H45N3O3. The fourth-order valence-corrected chi connectivity index (χ4v) is 4.16. The summed E-state index contributed by atoms with van der Waals surface area (Å²) in [6.07, 6.45) is 18.3. The topological polar surface area (TPSA) is 67.3 Å². The van der Waals surface area contributed by atoms with E-state index in [2.05, 4.69) is 29.6 Å². The van der Waals surface area contributed by atoms with E-state index in [1.165, 1.54) is 64.2 Å². The summed E-state index contributed by atoms with van der Waals surface area (Å²) in [5.41, 5.74) is 11.2. The highest BCUT2D eigenvalue weighted by molar-refractivity contribution is 5.97. The molecule has 32 heavy (non-hydrogen) atoms. The predicted molar refractivity (Wildman–Crippen MR) is 130 cm³/mol. The second-order valence-corrected chi connectivity index (χ2v) is 8.86. The second-order valence-electron chi connectivity index (χ2n) is 8.86. The Hall–Kier alpha value is -1.62. The molecule has 1 aliphatic carbocycles. The van der Waals surface area contributed by atoms with E-state index >= 15 is 0 Å². The third-order valence-electron chi connectivity index (χ3n) is 6.15. The lowest BCUT2D eigenvalue weighted by atomic mass is 10.0. The molecule has 1 heterocycles. The molecule has 6 nitrogen and oxygen atoms in total. The van der Waals surface area contributed by atoms with Crippen LogP contribution in [0, 0.1) is 0 Å². The number of rotatable bonds is 17. The molecule has 1 fully saturated rings. The number of nitrogens with zero attached hydrogens (tertiary/aromatic N) is 3. The summed E-state index contributed by atoms with van der Waals surface area (Å²) in [6.45, 7) is 8.92. The van der Waals surface area contributed by atoms with E-state index < -0.39 is 0 Å². The predicted octanol–water partition coefficient (Wildman–Crippen LogP) is 5.89. The first-order valence-electron chi connectivity index (χ1n) is 13.0. The molecule has 182 valence electrons. The summed E-state index contributed by atoms with van der Waals surface area (Å²) in [4.78, 5) is 5.82. The summed E-state index contributed by atoms with van der Waals surface area (Å²) < 4.78 is 17.8. The third kappa shape index (κ3) is 9.89. The molecule has 0 N–H and O–H groups in total. The second kappa shape index (κ2) is 16.9. The molecule has 0 radical (unpaired) electrons. The molecule has 1 unspecified atom stereocenters. The molecule has 0 saturated carbocycles. The van der Waals surface area contributed by atoms with Crippen LogP contribution in [0.2, 0.25) is 0 Å². The average molecular weight is 448 g/mol. The van der Waals surface area contributed by atoms with E-state index in [1.807, 2.05) is 6.08 Å². The highest BCUT2D eigenvalue weighted by atomic mass is 16.5. The zero-order chi connectivity index (χ0) is 22.9. The quantitative estimate of drug-likeness (QED) is 0.158. The van der Waals surface area contributed by atoms with Crippen LogP contribution in [0.1, 0.15) is 90.9 Å². The van der Waals surface area contributed by atoms with Crippen molar-refractivity contribution in [1.82, 2.24) is 4.90 Å². The Balaban J connectivity index is 1.90. The molecule has 6 heteroatoms. The third-order valence-corrected chi connectivity index (χ3v) is 6.15. The van der Waals surface area contributed by atoms with Gasteiger partial charge in [0.15, 0.2) is 6.10 Å². The van der Waals surface area contributed by atoms with Crippen molar-refractivity contribution in [2.24, 2.45) is 0 Å². The van der Waals surface area contributed by atoms with Crippen LogP contribution in [-0.4, -0.2) is 61.0 Å². The molecule has 1 atom stereocenters. The van der Waals surface area contributed by atoms with Crippen LogP contribution < -0.4 is 0 Å². The summed E-state index contributed by atoms with van der Waals surface area (Å²) in [5, 5.41) is 0. The van der Waals surface area contributed by atoms with Crippen LogP contribution >= 0.6 is 0 Å². The normalized spacial score (nSPS) is 18.9. The van der Waals surface area contributed by atoms with Crippen molar-refractivity contribution < 1.29 is 19.0 Å². The van der Waals surface area contributed by atoms with E-state index in [1.54, 1.807) is 0 Å². The van der Waals surface area contributed by atoms with E-state index in [-0.39, 0.29) is 6.10 Å². The van der Waals surface area contributed by atoms with Crippen molar-refractivity contribution in [2.75, 3.05) is 39.5 Å². The lowest BCUT2D eigenvalue weighted by Gasteiger charge is -2.33. The van der Waals surface area contributed by atoms with Crippen molar-refractivity contribution >= 4 is 5.71 Å². The maximum atomic E-state index is 9.61. The Kier molecular flexibility index (Phi) is 14.1. The minimum atomic E-state index is -0.338. The van der Waals surface area contributed by atoms with Gasteiger partial charge in [0.25, 0.3) is 0 Å². The Morgan fingerprint density at radius 2 is 1.50 bits per heavy atom. The van der Waals surface area contributed by atoms with Gasteiger partial charge >= 0.3 is 5.71 Å². The molecule has 0 bridgehead atoms. The molecule has 0 aromatic rings. The number of unbranched alkanes of at least 4 members (excludes halogenated alkanes) is 10. The zero-order valence-corrected chi connectivity index (χ0v) is 20.5. The fraction of sp³-hybridized carbons (Fsp3) is 0.808. The van der Waals surface area contributed by atoms with Crippen LogP contribution in [0.15, 0.2) is 23.6 Å². The van der Waals surface area contributed by atoms with Crippen molar-refractivity contribution in [3.05, 3.63) is 29.1 Å². The van der Waals surface area contributed by atoms with Crippen molar-refractivity contribution in [3.63, 3.8) is 0 Å².